The Morgan fingerprint density at radius 3 is 2.52 bits per heavy atom. The molecule has 0 saturated carbocycles. The number of benzene rings is 1. The van der Waals surface area contributed by atoms with Crippen LogP contribution in [0.2, 0.25) is 10.0 Å². The number of methoxy groups -OCH3 is 1. The molecule has 3 atom stereocenters. The zero-order valence-electron chi connectivity index (χ0n) is 16.3. The van der Waals surface area contributed by atoms with Crippen LogP contribution in [0.1, 0.15) is 25.7 Å². The van der Waals surface area contributed by atoms with Gasteiger partial charge in [-0.25, -0.2) is 8.42 Å². The molecule has 29 heavy (non-hydrogen) atoms. The van der Waals surface area contributed by atoms with Crippen molar-refractivity contribution in [1.82, 2.24) is 9.21 Å². The average Bonchev–Trinajstić information content (AvgIpc) is 2.74. The van der Waals surface area contributed by atoms with E-state index >= 15 is 0 Å². The normalized spacial score (nSPS) is 25.9. The molecule has 2 bridgehead atoms. The molecule has 162 valence electrons. The summed E-state index contributed by atoms with van der Waals surface area (Å²) in [5.41, 5.74) is 0. The maximum absolute atomic E-state index is 13.6. The number of amides is 1. The van der Waals surface area contributed by atoms with Crippen LogP contribution in [0.5, 0.6) is 0 Å². The van der Waals surface area contributed by atoms with Crippen LogP contribution in [0.15, 0.2) is 23.1 Å². The first-order valence-corrected chi connectivity index (χ1v) is 11.9. The summed E-state index contributed by atoms with van der Waals surface area (Å²) in [7, 11) is -2.45. The van der Waals surface area contributed by atoms with Gasteiger partial charge in [0.15, 0.2) is 0 Å². The van der Waals surface area contributed by atoms with Gasteiger partial charge in [-0.1, -0.05) is 23.2 Å². The maximum atomic E-state index is 13.6. The van der Waals surface area contributed by atoms with Crippen LogP contribution in [0.25, 0.3) is 0 Å². The maximum Gasteiger partial charge on any atom is 0.244 e. The van der Waals surface area contributed by atoms with Crippen LogP contribution in [-0.2, 0) is 19.6 Å². The molecular weight excluding hydrogens is 439 g/mol. The third kappa shape index (κ3) is 4.73. The zero-order chi connectivity index (χ0) is 21.2. The van der Waals surface area contributed by atoms with E-state index in [2.05, 4.69) is 0 Å². The van der Waals surface area contributed by atoms with Gasteiger partial charge in [0.1, 0.15) is 6.04 Å². The van der Waals surface area contributed by atoms with E-state index in [1.807, 2.05) is 0 Å². The van der Waals surface area contributed by atoms with Gasteiger partial charge < -0.3 is 14.7 Å². The highest BCUT2D eigenvalue weighted by molar-refractivity contribution is 7.89. The summed E-state index contributed by atoms with van der Waals surface area (Å²) in [5.74, 6) is -0.389. The van der Waals surface area contributed by atoms with Gasteiger partial charge in [-0.3, -0.25) is 4.79 Å². The van der Waals surface area contributed by atoms with E-state index in [0.717, 1.165) is 6.42 Å². The standard InChI is InChI=1S/C19H26Cl2N2O5S/c1-28-8-6-22-12-13(5-7-24)17-3-2-4-18(19(22)25)23(17)29(26,27)16-10-14(20)9-15(21)11-16/h9-11,13,17-18,24H,2-8,12H2,1H3/t13-,17?,18?/m0/s1. The Morgan fingerprint density at radius 1 is 1.21 bits per heavy atom. The Morgan fingerprint density at radius 2 is 1.90 bits per heavy atom. The Hall–Kier alpha value is -0.900. The van der Waals surface area contributed by atoms with Crippen molar-refractivity contribution in [2.24, 2.45) is 5.92 Å². The van der Waals surface area contributed by atoms with E-state index in [9.17, 15) is 18.3 Å². The fraction of sp³-hybridized carbons (Fsp3) is 0.632. The van der Waals surface area contributed by atoms with Crippen molar-refractivity contribution >= 4 is 39.1 Å². The van der Waals surface area contributed by atoms with E-state index < -0.39 is 16.1 Å². The molecule has 7 nitrogen and oxygen atoms in total. The Balaban J connectivity index is 2.07. The lowest BCUT2D eigenvalue weighted by Crippen LogP contribution is -2.55. The smallest absolute Gasteiger partial charge is 0.244 e. The molecule has 3 rings (SSSR count). The van der Waals surface area contributed by atoms with E-state index in [4.69, 9.17) is 27.9 Å². The quantitative estimate of drug-likeness (QED) is 0.669. The molecule has 0 spiro atoms. The highest BCUT2D eigenvalue weighted by Gasteiger charge is 2.49. The van der Waals surface area contributed by atoms with E-state index in [1.165, 1.54) is 22.5 Å². The van der Waals surface area contributed by atoms with Crippen LogP contribution in [0.3, 0.4) is 0 Å². The van der Waals surface area contributed by atoms with Crippen molar-refractivity contribution in [2.45, 2.75) is 42.7 Å². The summed E-state index contributed by atoms with van der Waals surface area (Å²) in [6.45, 7) is 1.07. The molecule has 2 heterocycles. The molecule has 0 aromatic heterocycles. The lowest BCUT2D eigenvalue weighted by Gasteiger charge is -2.40. The first-order valence-electron chi connectivity index (χ1n) is 9.67. The average molecular weight is 465 g/mol. The number of aliphatic hydroxyl groups excluding tert-OH is 1. The fourth-order valence-electron chi connectivity index (χ4n) is 4.38. The number of hydrogen-bond acceptors (Lipinski definition) is 5. The minimum atomic E-state index is -4.01. The zero-order valence-corrected chi connectivity index (χ0v) is 18.6. The van der Waals surface area contributed by atoms with Gasteiger partial charge in [0.05, 0.1) is 11.5 Å². The molecular formula is C19H26Cl2N2O5S. The summed E-state index contributed by atoms with van der Waals surface area (Å²) in [5, 5.41) is 10.0. The van der Waals surface area contributed by atoms with E-state index in [-0.39, 0.29) is 39.4 Å². The SMILES string of the molecule is COCCN1C[C@H](CCO)C2CCCC(C1=O)N2S(=O)(=O)c1cc(Cl)cc(Cl)c1. The molecule has 2 unspecified atom stereocenters. The van der Waals surface area contributed by atoms with Gasteiger partial charge in [-0.2, -0.15) is 4.31 Å². The van der Waals surface area contributed by atoms with Crippen molar-refractivity contribution in [3.05, 3.63) is 28.2 Å². The van der Waals surface area contributed by atoms with Gasteiger partial charge >= 0.3 is 0 Å². The van der Waals surface area contributed by atoms with E-state index in [1.54, 1.807) is 12.0 Å². The van der Waals surface area contributed by atoms with Gasteiger partial charge in [-0.05, 0) is 49.8 Å². The summed E-state index contributed by atoms with van der Waals surface area (Å²) in [6.07, 6.45) is 2.26. The third-order valence-electron chi connectivity index (χ3n) is 5.68. The number of hydrogen-bond donors (Lipinski definition) is 1. The van der Waals surface area contributed by atoms with Crippen molar-refractivity contribution in [3.8, 4) is 0 Å². The first-order chi connectivity index (χ1) is 13.8. The summed E-state index contributed by atoms with van der Waals surface area (Å²) in [6, 6.07) is 3.03. The highest BCUT2D eigenvalue weighted by Crippen LogP contribution is 2.38. The lowest BCUT2D eigenvalue weighted by atomic mass is 9.88. The van der Waals surface area contributed by atoms with Crippen LogP contribution in [-0.4, -0.2) is 74.1 Å². The first kappa shape index (κ1) is 22.8. The predicted octanol–water partition coefficient (Wildman–Crippen LogP) is 2.39. The number of sulfonamides is 1. The molecule has 2 fully saturated rings. The second-order valence-electron chi connectivity index (χ2n) is 7.50. The third-order valence-corrected chi connectivity index (χ3v) is 8.03. The number of nitrogens with zero attached hydrogens (tertiary/aromatic N) is 2. The molecule has 1 aromatic carbocycles. The van der Waals surface area contributed by atoms with Crippen molar-refractivity contribution in [2.75, 3.05) is 33.4 Å². The van der Waals surface area contributed by atoms with Crippen LogP contribution in [0.4, 0.5) is 0 Å². The summed E-state index contributed by atoms with van der Waals surface area (Å²) >= 11 is 12.1. The number of carbonyl (C=O) groups is 1. The minimum absolute atomic E-state index is 0.0206. The van der Waals surface area contributed by atoms with Gasteiger partial charge in [0.2, 0.25) is 15.9 Å². The Bertz CT molecular complexity index is 831. The van der Waals surface area contributed by atoms with Crippen LogP contribution >= 0.6 is 23.2 Å². The monoisotopic (exact) mass is 464 g/mol. The number of piperidine rings is 1. The number of carbonyl (C=O) groups excluding carboxylic acids is 1. The van der Waals surface area contributed by atoms with Gasteiger partial charge in [0.25, 0.3) is 0 Å². The van der Waals surface area contributed by atoms with E-state index in [0.29, 0.717) is 39.0 Å². The molecule has 0 radical (unpaired) electrons. The fourth-order valence-corrected chi connectivity index (χ4v) is 7.00. The predicted molar refractivity (Wildman–Crippen MR) is 111 cm³/mol. The molecule has 1 aromatic rings. The second-order valence-corrected chi connectivity index (χ2v) is 10.2. The Kier molecular flexibility index (Phi) is 7.46. The summed E-state index contributed by atoms with van der Waals surface area (Å²) in [4.78, 5) is 14.9. The topological polar surface area (TPSA) is 87.2 Å². The lowest BCUT2D eigenvalue weighted by molar-refractivity contribution is -0.135. The van der Waals surface area contributed by atoms with Gasteiger partial charge in [0, 0.05) is 42.9 Å². The molecule has 0 aliphatic carbocycles. The number of halogens is 2. The number of aliphatic hydroxyl groups is 1. The molecule has 2 aliphatic rings. The van der Waals surface area contributed by atoms with Gasteiger partial charge in [-0.15, -0.1) is 0 Å². The van der Waals surface area contributed by atoms with Crippen molar-refractivity contribution in [3.63, 3.8) is 0 Å². The van der Waals surface area contributed by atoms with Crippen molar-refractivity contribution < 1.29 is 23.1 Å². The molecule has 2 saturated heterocycles. The Labute approximate surface area is 181 Å². The largest absolute Gasteiger partial charge is 0.396 e. The molecule has 1 N–H and O–H groups in total. The molecule has 2 aliphatic heterocycles. The number of rotatable bonds is 7. The van der Waals surface area contributed by atoms with Crippen LogP contribution < -0.4 is 0 Å². The number of fused-ring (bicyclic) bond motifs is 2. The molecule has 10 heteroatoms. The molecule has 1 amide bonds. The van der Waals surface area contributed by atoms with Crippen molar-refractivity contribution in [1.29, 1.82) is 0 Å². The second kappa shape index (κ2) is 9.49. The number of ether oxygens (including phenoxy) is 1. The summed E-state index contributed by atoms with van der Waals surface area (Å²) < 4.78 is 33.7. The van der Waals surface area contributed by atoms with Crippen LogP contribution in [0, 0.1) is 5.92 Å². The highest BCUT2D eigenvalue weighted by atomic mass is 35.5. The minimum Gasteiger partial charge on any atom is -0.396 e.